The lowest BCUT2D eigenvalue weighted by molar-refractivity contribution is -0.384. The molecule has 0 spiro atoms. The summed E-state index contributed by atoms with van der Waals surface area (Å²) in [6.07, 6.45) is 0.967. The number of carbonyl (C=O) groups is 1. The first-order valence-electron chi connectivity index (χ1n) is 8.91. The van der Waals surface area contributed by atoms with Crippen LogP contribution in [0.3, 0.4) is 0 Å². The van der Waals surface area contributed by atoms with Gasteiger partial charge in [-0.1, -0.05) is 42.5 Å². The Balaban J connectivity index is 1.81. The van der Waals surface area contributed by atoms with Crippen LogP contribution in [0.2, 0.25) is 0 Å². The van der Waals surface area contributed by atoms with E-state index in [4.69, 9.17) is 0 Å². The van der Waals surface area contributed by atoms with Gasteiger partial charge in [0.15, 0.2) is 5.69 Å². The molecule has 0 unspecified atom stereocenters. The number of aromatic nitrogens is 3. The van der Waals surface area contributed by atoms with Crippen LogP contribution in [0.25, 0.3) is 5.69 Å². The van der Waals surface area contributed by atoms with Gasteiger partial charge in [-0.05, 0) is 30.5 Å². The summed E-state index contributed by atoms with van der Waals surface area (Å²) in [5, 5.41) is 19.0. The molecule has 28 heavy (non-hydrogen) atoms. The minimum Gasteiger partial charge on any atom is -0.336 e. The predicted octanol–water partition coefficient (Wildman–Crippen LogP) is 3.32. The summed E-state index contributed by atoms with van der Waals surface area (Å²) in [5.74, 6) is -0.256. The summed E-state index contributed by atoms with van der Waals surface area (Å²) in [4.78, 5) is 24.9. The molecule has 0 saturated heterocycles. The van der Waals surface area contributed by atoms with E-state index in [-0.39, 0.29) is 17.3 Å². The first kappa shape index (κ1) is 19.2. The highest BCUT2D eigenvalue weighted by Crippen LogP contribution is 2.19. The number of hydrogen-bond donors (Lipinski definition) is 0. The summed E-state index contributed by atoms with van der Waals surface area (Å²) in [6, 6.07) is 14.2. The van der Waals surface area contributed by atoms with Crippen molar-refractivity contribution in [2.45, 2.75) is 26.8 Å². The van der Waals surface area contributed by atoms with Crippen LogP contribution >= 0.6 is 0 Å². The average Bonchev–Trinajstić information content (AvgIpc) is 3.09. The van der Waals surface area contributed by atoms with E-state index in [1.54, 1.807) is 31.0 Å². The zero-order valence-electron chi connectivity index (χ0n) is 16.0. The van der Waals surface area contributed by atoms with E-state index >= 15 is 0 Å². The van der Waals surface area contributed by atoms with Crippen LogP contribution in [-0.2, 0) is 13.0 Å². The molecule has 2 aromatic carbocycles. The number of amides is 1. The van der Waals surface area contributed by atoms with Crippen molar-refractivity contribution < 1.29 is 9.72 Å². The van der Waals surface area contributed by atoms with Gasteiger partial charge < -0.3 is 4.90 Å². The Hall–Kier alpha value is -3.55. The highest BCUT2D eigenvalue weighted by atomic mass is 16.6. The smallest absolute Gasteiger partial charge is 0.276 e. The minimum absolute atomic E-state index is 0.0482. The molecule has 0 radical (unpaired) electrons. The fourth-order valence-corrected chi connectivity index (χ4v) is 2.92. The van der Waals surface area contributed by atoms with Gasteiger partial charge in [0.05, 0.1) is 16.3 Å². The Bertz CT molecular complexity index is 1010. The van der Waals surface area contributed by atoms with Crippen molar-refractivity contribution in [3.8, 4) is 5.69 Å². The molecule has 3 rings (SSSR count). The van der Waals surface area contributed by atoms with Crippen molar-refractivity contribution >= 4 is 11.6 Å². The first-order valence-corrected chi connectivity index (χ1v) is 8.91. The molecule has 0 atom stereocenters. The van der Waals surface area contributed by atoms with Gasteiger partial charge in [-0.3, -0.25) is 14.9 Å². The number of hydrogen-bond acceptors (Lipinski definition) is 5. The number of nitro benzene ring substituents is 1. The van der Waals surface area contributed by atoms with E-state index in [0.29, 0.717) is 17.9 Å². The molecule has 0 aliphatic rings. The molecule has 0 aliphatic carbocycles. The number of nitro groups is 1. The van der Waals surface area contributed by atoms with Crippen molar-refractivity contribution in [3.05, 3.63) is 81.2 Å². The van der Waals surface area contributed by atoms with Crippen LogP contribution in [-0.4, -0.2) is 37.8 Å². The van der Waals surface area contributed by atoms with Gasteiger partial charge >= 0.3 is 0 Å². The van der Waals surface area contributed by atoms with Gasteiger partial charge in [0.1, 0.15) is 0 Å². The summed E-state index contributed by atoms with van der Waals surface area (Å²) >= 11 is 0. The van der Waals surface area contributed by atoms with Gasteiger partial charge in [0.25, 0.3) is 11.6 Å². The lowest BCUT2D eigenvalue weighted by Crippen LogP contribution is -2.27. The van der Waals surface area contributed by atoms with Crippen molar-refractivity contribution in [3.63, 3.8) is 0 Å². The number of benzene rings is 2. The van der Waals surface area contributed by atoms with Crippen LogP contribution in [0.5, 0.6) is 0 Å². The van der Waals surface area contributed by atoms with Crippen molar-refractivity contribution in [1.82, 2.24) is 19.9 Å². The number of aryl methyl sites for hydroxylation is 1. The lowest BCUT2D eigenvalue weighted by Gasteiger charge is -2.16. The molecule has 0 fully saturated rings. The van der Waals surface area contributed by atoms with E-state index in [0.717, 1.165) is 12.0 Å². The van der Waals surface area contributed by atoms with Crippen molar-refractivity contribution in [2.75, 3.05) is 7.05 Å². The maximum absolute atomic E-state index is 12.8. The summed E-state index contributed by atoms with van der Waals surface area (Å²) in [6.45, 7) is 4.26. The van der Waals surface area contributed by atoms with Crippen molar-refractivity contribution in [1.29, 1.82) is 0 Å². The Labute approximate surface area is 162 Å². The lowest BCUT2D eigenvalue weighted by atomic mass is 10.1. The molecular weight excluding hydrogens is 358 g/mol. The number of nitrogens with zero attached hydrogens (tertiary/aromatic N) is 5. The molecule has 0 saturated carbocycles. The third-order valence-corrected chi connectivity index (χ3v) is 4.58. The van der Waals surface area contributed by atoms with Crippen LogP contribution in [0.4, 0.5) is 5.69 Å². The molecule has 8 heteroatoms. The van der Waals surface area contributed by atoms with Crippen molar-refractivity contribution in [2.24, 2.45) is 0 Å². The first-order chi connectivity index (χ1) is 13.4. The quantitative estimate of drug-likeness (QED) is 0.484. The standard InChI is InChI=1S/C20H21N5O3/c1-4-15-8-10-16(11-9-15)13-23(3)20(26)19-14(2)24(22-21-19)17-6-5-7-18(12-17)25(27)28/h5-12H,4,13H2,1-3H3. The van der Waals surface area contributed by atoms with E-state index in [1.165, 1.54) is 22.4 Å². The second kappa shape index (κ2) is 7.99. The van der Waals surface area contributed by atoms with Gasteiger partial charge in [-0.2, -0.15) is 0 Å². The highest BCUT2D eigenvalue weighted by molar-refractivity contribution is 5.93. The third kappa shape index (κ3) is 3.90. The van der Waals surface area contributed by atoms with E-state index in [1.807, 2.05) is 12.1 Å². The Morgan fingerprint density at radius 1 is 1.18 bits per heavy atom. The monoisotopic (exact) mass is 379 g/mol. The molecule has 0 aliphatic heterocycles. The van der Waals surface area contributed by atoms with Gasteiger partial charge in [0, 0.05) is 25.7 Å². The topological polar surface area (TPSA) is 94.2 Å². The molecule has 144 valence electrons. The Kier molecular flexibility index (Phi) is 5.49. The zero-order valence-corrected chi connectivity index (χ0v) is 16.0. The van der Waals surface area contributed by atoms with Crippen LogP contribution in [0, 0.1) is 17.0 Å². The highest BCUT2D eigenvalue weighted by Gasteiger charge is 2.21. The summed E-state index contributed by atoms with van der Waals surface area (Å²) in [7, 11) is 1.71. The summed E-state index contributed by atoms with van der Waals surface area (Å²) in [5.41, 5.74) is 3.45. The molecule has 0 bridgehead atoms. The fourth-order valence-electron chi connectivity index (χ4n) is 2.92. The molecule has 0 N–H and O–H groups in total. The molecule has 1 amide bonds. The normalized spacial score (nSPS) is 10.7. The predicted molar refractivity (Wildman–Crippen MR) is 104 cm³/mol. The molecule has 3 aromatic rings. The van der Waals surface area contributed by atoms with Crippen LogP contribution < -0.4 is 0 Å². The SMILES string of the molecule is CCc1ccc(CN(C)C(=O)c2nnn(-c3cccc([N+](=O)[O-])c3)c2C)cc1. The second-order valence-corrected chi connectivity index (χ2v) is 6.54. The van der Waals surface area contributed by atoms with E-state index in [9.17, 15) is 14.9 Å². The summed E-state index contributed by atoms with van der Waals surface area (Å²) < 4.78 is 1.43. The average molecular weight is 379 g/mol. The molecule has 1 heterocycles. The Morgan fingerprint density at radius 2 is 1.86 bits per heavy atom. The third-order valence-electron chi connectivity index (χ3n) is 4.58. The number of carbonyl (C=O) groups excluding carboxylic acids is 1. The van der Waals surface area contributed by atoms with Gasteiger partial charge in [0.2, 0.25) is 0 Å². The fraction of sp³-hybridized carbons (Fsp3) is 0.250. The molecule has 1 aromatic heterocycles. The minimum atomic E-state index is -0.473. The number of rotatable bonds is 6. The molecule has 8 nitrogen and oxygen atoms in total. The van der Waals surface area contributed by atoms with Gasteiger partial charge in [-0.15, -0.1) is 5.10 Å². The number of non-ortho nitro benzene ring substituents is 1. The van der Waals surface area contributed by atoms with E-state index in [2.05, 4.69) is 29.4 Å². The van der Waals surface area contributed by atoms with Crippen LogP contribution in [0.15, 0.2) is 48.5 Å². The second-order valence-electron chi connectivity index (χ2n) is 6.54. The maximum atomic E-state index is 12.8. The zero-order chi connectivity index (χ0) is 20.3. The maximum Gasteiger partial charge on any atom is 0.276 e. The van der Waals surface area contributed by atoms with E-state index < -0.39 is 4.92 Å². The molecular formula is C20H21N5O3. The van der Waals surface area contributed by atoms with Gasteiger partial charge in [-0.25, -0.2) is 4.68 Å². The Morgan fingerprint density at radius 3 is 2.50 bits per heavy atom. The largest absolute Gasteiger partial charge is 0.336 e. The van der Waals surface area contributed by atoms with Crippen LogP contribution in [0.1, 0.15) is 34.2 Å².